The Balaban J connectivity index is 2.04. The highest BCUT2D eigenvalue weighted by Gasteiger charge is 2.21. The standard InChI is InChI=1S/C16H19NO2S/c1-2-14(15-9-6-10-20-15)17-11-13(16(18)19)12-7-4-3-5-8-12/h3-10,13-14,17H,2,11H2,1H3,(H,18,19). The van der Waals surface area contributed by atoms with Gasteiger partial charge in [-0.2, -0.15) is 0 Å². The molecule has 0 bridgehead atoms. The van der Waals surface area contributed by atoms with Crippen molar-refractivity contribution < 1.29 is 9.90 Å². The van der Waals surface area contributed by atoms with Gasteiger partial charge in [-0.3, -0.25) is 4.79 Å². The predicted molar refractivity (Wildman–Crippen MR) is 82.2 cm³/mol. The number of hydrogen-bond acceptors (Lipinski definition) is 3. The Kier molecular flexibility index (Phi) is 5.32. The maximum Gasteiger partial charge on any atom is 0.312 e. The molecule has 2 rings (SSSR count). The van der Waals surface area contributed by atoms with E-state index in [0.717, 1.165) is 12.0 Å². The van der Waals surface area contributed by atoms with Crippen molar-refractivity contribution >= 4 is 17.3 Å². The van der Waals surface area contributed by atoms with E-state index in [9.17, 15) is 9.90 Å². The molecule has 0 fully saturated rings. The first kappa shape index (κ1) is 14.8. The normalized spacial score (nSPS) is 13.8. The molecule has 106 valence electrons. The highest BCUT2D eigenvalue weighted by molar-refractivity contribution is 7.10. The molecule has 3 nitrogen and oxygen atoms in total. The Morgan fingerprint density at radius 3 is 2.55 bits per heavy atom. The van der Waals surface area contributed by atoms with Crippen molar-refractivity contribution in [3.05, 3.63) is 58.3 Å². The van der Waals surface area contributed by atoms with Gasteiger partial charge in [0.1, 0.15) is 0 Å². The van der Waals surface area contributed by atoms with E-state index in [1.807, 2.05) is 41.8 Å². The fourth-order valence-corrected chi connectivity index (χ4v) is 3.11. The number of carboxylic acids is 1. The molecule has 0 amide bonds. The van der Waals surface area contributed by atoms with Gasteiger partial charge in [-0.15, -0.1) is 11.3 Å². The summed E-state index contributed by atoms with van der Waals surface area (Å²) in [4.78, 5) is 12.7. The summed E-state index contributed by atoms with van der Waals surface area (Å²) in [7, 11) is 0. The van der Waals surface area contributed by atoms with Crippen LogP contribution < -0.4 is 5.32 Å². The van der Waals surface area contributed by atoms with Crippen molar-refractivity contribution in [2.75, 3.05) is 6.54 Å². The molecule has 0 aliphatic rings. The molecule has 2 N–H and O–H groups in total. The van der Waals surface area contributed by atoms with Crippen LogP contribution in [0.4, 0.5) is 0 Å². The second-order valence-corrected chi connectivity index (χ2v) is 5.67. The minimum absolute atomic E-state index is 0.223. The predicted octanol–water partition coefficient (Wildman–Crippen LogP) is 3.66. The zero-order chi connectivity index (χ0) is 14.4. The molecule has 1 aromatic heterocycles. The molecule has 0 spiro atoms. The topological polar surface area (TPSA) is 49.3 Å². The van der Waals surface area contributed by atoms with Crippen molar-refractivity contribution in [1.29, 1.82) is 0 Å². The van der Waals surface area contributed by atoms with Crippen molar-refractivity contribution in [2.45, 2.75) is 25.3 Å². The van der Waals surface area contributed by atoms with Gasteiger partial charge in [-0.1, -0.05) is 43.3 Å². The van der Waals surface area contributed by atoms with E-state index in [4.69, 9.17) is 0 Å². The number of nitrogens with one attached hydrogen (secondary N) is 1. The third kappa shape index (κ3) is 3.68. The lowest BCUT2D eigenvalue weighted by Gasteiger charge is -2.19. The van der Waals surface area contributed by atoms with Crippen LogP contribution in [-0.2, 0) is 4.79 Å². The van der Waals surface area contributed by atoms with Gasteiger partial charge in [0.15, 0.2) is 0 Å². The molecule has 0 saturated heterocycles. The number of benzene rings is 1. The zero-order valence-electron chi connectivity index (χ0n) is 11.5. The molecular weight excluding hydrogens is 270 g/mol. The van der Waals surface area contributed by atoms with E-state index >= 15 is 0 Å². The average Bonchev–Trinajstić information content (AvgIpc) is 2.98. The molecule has 0 aliphatic heterocycles. The van der Waals surface area contributed by atoms with Gasteiger partial charge in [0.2, 0.25) is 0 Å². The zero-order valence-corrected chi connectivity index (χ0v) is 12.3. The van der Waals surface area contributed by atoms with Crippen molar-refractivity contribution in [3.8, 4) is 0 Å². The van der Waals surface area contributed by atoms with Gasteiger partial charge in [0.05, 0.1) is 5.92 Å². The van der Waals surface area contributed by atoms with E-state index in [2.05, 4.69) is 18.3 Å². The summed E-state index contributed by atoms with van der Waals surface area (Å²) >= 11 is 1.70. The summed E-state index contributed by atoms with van der Waals surface area (Å²) < 4.78 is 0. The number of carboxylic acid groups (broad SMARTS) is 1. The van der Waals surface area contributed by atoms with E-state index in [1.165, 1.54) is 4.88 Å². The van der Waals surface area contributed by atoms with Crippen LogP contribution in [0, 0.1) is 0 Å². The van der Waals surface area contributed by atoms with Crippen LogP contribution in [0.25, 0.3) is 0 Å². The van der Waals surface area contributed by atoms with Crippen molar-refractivity contribution in [3.63, 3.8) is 0 Å². The maximum atomic E-state index is 11.4. The number of thiophene rings is 1. The van der Waals surface area contributed by atoms with Crippen LogP contribution in [0.15, 0.2) is 47.8 Å². The van der Waals surface area contributed by atoms with Gasteiger partial charge in [-0.05, 0) is 23.4 Å². The first-order valence-corrected chi connectivity index (χ1v) is 7.65. The van der Waals surface area contributed by atoms with Crippen LogP contribution in [0.2, 0.25) is 0 Å². The number of aliphatic carboxylic acids is 1. The first-order valence-electron chi connectivity index (χ1n) is 6.77. The smallest absolute Gasteiger partial charge is 0.312 e. The lowest BCUT2D eigenvalue weighted by Crippen LogP contribution is -2.29. The highest BCUT2D eigenvalue weighted by Crippen LogP contribution is 2.23. The fourth-order valence-electron chi connectivity index (χ4n) is 2.23. The van der Waals surface area contributed by atoms with Crippen LogP contribution in [0.5, 0.6) is 0 Å². The Morgan fingerprint density at radius 1 is 1.25 bits per heavy atom. The molecule has 4 heteroatoms. The Bertz CT molecular complexity index is 525. The van der Waals surface area contributed by atoms with E-state index in [-0.39, 0.29) is 6.04 Å². The first-order chi connectivity index (χ1) is 9.72. The summed E-state index contributed by atoms with van der Waals surface area (Å²) in [6, 6.07) is 13.7. The quantitative estimate of drug-likeness (QED) is 0.818. The molecule has 2 unspecified atom stereocenters. The third-order valence-electron chi connectivity index (χ3n) is 3.36. The minimum atomic E-state index is -0.787. The van der Waals surface area contributed by atoms with Crippen LogP contribution in [-0.4, -0.2) is 17.6 Å². The maximum absolute atomic E-state index is 11.4. The second kappa shape index (κ2) is 7.22. The summed E-state index contributed by atoms with van der Waals surface area (Å²) in [6.07, 6.45) is 0.946. The lowest BCUT2D eigenvalue weighted by molar-refractivity contribution is -0.138. The molecular formula is C16H19NO2S. The largest absolute Gasteiger partial charge is 0.481 e. The SMILES string of the molecule is CCC(NCC(C(=O)O)c1ccccc1)c1cccs1. The third-order valence-corrected chi connectivity index (χ3v) is 4.35. The van der Waals surface area contributed by atoms with E-state index in [0.29, 0.717) is 6.54 Å². The van der Waals surface area contributed by atoms with Gasteiger partial charge >= 0.3 is 5.97 Å². The number of rotatable bonds is 7. The summed E-state index contributed by atoms with van der Waals surface area (Å²) in [5, 5.41) is 14.8. The molecule has 2 aromatic rings. The lowest BCUT2D eigenvalue weighted by atomic mass is 9.98. The van der Waals surface area contributed by atoms with Crippen LogP contribution in [0.3, 0.4) is 0 Å². The molecule has 2 atom stereocenters. The van der Waals surface area contributed by atoms with Gasteiger partial charge in [0, 0.05) is 17.5 Å². The Hall–Kier alpha value is -1.65. The molecule has 0 radical (unpaired) electrons. The Labute approximate surface area is 123 Å². The molecule has 1 heterocycles. The van der Waals surface area contributed by atoms with E-state index in [1.54, 1.807) is 11.3 Å². The summed E-state index contributed by atoms with van der Waals surface area (Å²) in [5.74, 6) is -1.30. The Morgan fingerprint density at radius 2 is 2.00 bits per heavy atom. The molecule has 0 aliphatic carbocycles. The second-order valence-electron chi connectivity index (χ2n) is 4.69. The van der Waals surface area contributed by atoms with Crippen LogP contribution in [0.1, 0.15) is 35.7 Å². The number of carbonyl (C=O) groups is 1. The summed E-state index contributed by atoms with van der Waals surface area (Å²) in [6.45, 7) is 2.55. The summed E-state index contributed by atoms with van der Waals surface area (Å²) in [5.41, 5.74) is 0.841. The molecule has 0 saturated carbocycles. The van der Waals surface area contributed by atoms with Crippen molar-refractivity contribution in [1.82, 2.24) is 5.32 Å². The molecule has 20 heavy (non-hydrogen) atoms. The minimum Gasteiger partial charge on any atom is -0.481 e. The monoisotopic (exact) mass is 289 g/mol. The van der Waals surface area contributed by atoms with Gasteiger partial charge < -0.3 is 10.4 Å². The van der Waals surface area contributed by atoms with Gasteiger partial charge in [0.25, 0.3) is 0 Å². The number of hydrogen-bond donors (Lipinski definition) is 2. The van der Waals surface area contributed by atoms with E-state index < -0.39 is 11.9 Å². The highest BCUT2D eigenvalue weighted by atomic mass is 32.1. The van der Waals surface area contributed by atoms with Gasteiger partial charge in [-0.25, -0.2) is 0 Å². The van der Waals surface area contributed by atoms with Crippen molar-refractivity contribution in [2.24, 2.45) is 0 Å². The van der Waals surface area contributed by atoms with Crippen LogP contribution >= 0.6 is 11.3 Å². The average molecular weight is 289 g/mol. The fraction of sp³-hybridized carbons (Fsp3) is 0.312. The molecule has 1 aromatic carbocycles.